The Bertz CT molecular complexity index is 1580. The predicted molar refractivity (Wildman–Crippen MR) is 155 cm³/mol. The molecule has 3 aromatic carbocycles. The summed E-state index contributed by atoms with van der Waals surface area (Å²) >= 11 is 0. The van der Waals surface area contributed by atoms with E-state index >= 15 is 0 Å². The average molecular weight is 562 g/mol. The third-order valence-electron chi connectivity index (χ3n) is 6.40. The van der Waals surface area contributed by atoms with Crippen LogP contribution in [0.15, 0.2) is 77.8 Å². The topological polar surface area (TPSA) is 128 Å². The Labute approximate surface area is 233 Å². The first-order chi connectivity index (χ1) is 18.9. The van der Waals surface area contributed by atoms with Crippen molar-refractivity contribution in [3.05, 3.63) is 89.5 Å². The number of anilines is 2. The van der Waals surface area contributed by atoms with E-state index in [1.165, 1.54) is 11.8 Å². The third-order valence-corrected chi connectivity index (χ3v) is 7.54. The van der Waals surface area contributed by atoms with Gasteiger partial charge in [-0.1, -0.05) is 48.5 Å². The zero-order chi connectivity index (χ0) is 29.0. The fraction of sp³-hybridized carbons (Fsp3) is 0.241. The number of likely N-dealkylation sites (N-methyl/N-ethyl adjacent to an activating group) is 1. The molecule has 0 saturated heterocycles. The summed E-state index contributed by atoms with van der Waals surface area (Å²) in [6.45, 7) is 1.45. The van der Waals surface area contributed by atoms with Crippen LogP contribution in [-0.2, 0) is 31.0 Å². The van der Waals surface area contributed by atoms with Crippen LogP contribution in [0.2, 0.25) is 0 Å². The Morgan fingerprint density at radius 1 is 1.00 bits per heavy atom. The minimum absolute atomic E-state index is 0.138. The van der Waals surface area contributed by atoms with Gasteiger partial charge in [-0.05, 0) is 41.0 Å². The van der Waals surface area contributed by atoms with E-state index in [4.69, 9.17) is 4.99 Å². The van der Waals surface area contributed by atoms with Gasteiger partial charge in [-0.2, -0.15) is 0 Å². The molecule has 0 aromatic heterocycles. The van der Waals surface area contributed by atoms with Gasteiger partial charge in [0.05, 0.1) is 23.3 Å². The zero-order valence-corrected chi connectivity index (χ0v) is 23.5. The van der Waals surface area contributed by atoms with E-state index in [2.05, 4.69) is 10.6 Å². The fourth-order valence-corrected chi connectivity index (χ4v) is 5.16. The lowest BCUT2D eigenvalue weighted by Gasteiger charge is -2.23. The highest BCUT2D eigenvalue weighted by atomic mass is 32.2. The number of benzene rings is 3. The Morgan fingerprint density at radius 2 is 1.70 bits per heavy atom. The first-order valence-electron chi connectivity index (χ1n) is 12.5. The van der Waals surface area contributed by atoms with Gasteiger partial charge >= 0.3 is 0 Å². The van der Waals surface area contributed by atoms with Gasteiger partial charge in [-0.25, -0.2) is 8.42 Å². The van der Waals surface area contributed by atoms with Gasteiger partial charge in [0.15, 0.2) is 0 Å². The molecule has 0 spiro atoms. The van der Waals surface area contributed by atoms with Crippen molar-refractivity contribution in [1.29, 1.82) is 0 Å². The maximum atomic E-state index is 13.2. The van der Waals surface area contributed by atoms with Crippen molar-refractivity contribution >= 4 is 50.5 Å². The van der Waals surface area contributed by atoms with Crippen LogP contribution in [0.1, 0.15) is 29.5 Å². The van der Waals surface area contributed by atoms with Crippen LogP contribution in [0, 0.1) is 0 Å². The molecule has 40 heavy (non-hydrogen) atoms. The van der Waals surface area contributed by atoms with Crippen LogP contribution in [0.3, 0.4) is 0 Å². The summed E-state index contributed by atoms with van der Waals surface area (Å²) in [6.07, 6.45) is 1.04. The van der Waals surface area contributed by atoms with E-state index in [9.17, 15) is 22.8 Å². The van der Waals surface area contributed by atoms with Gasteiger partial charge in [0.25, 0.3) is 0 Å². The summed E-state index contributed by atoms with van der Waals surface area (Å²) in [5.74, 6) is -1.45. The molecular formula is C29H31N5O5S. The molecule has 0 radical (unpaired) electrons. The largest absolute Gasteiger partial charge is 0.352 e. The molecule has 3 aromatic rings. The lowest BCUT2D eigenvalue weighted by atomic mass is 9.90. The highest BCUT2D eigenvalue weighted by Crippen LogP contribution is 2.36. The maximum absolute atomic E-state index is 13.2. The van der Waals surface area contributed by atoms with Crippen molar-refractivity contribution in [1.82, 2.24) is 10.2 Å². The van der Waals surface area contributed by atoms with Crippen LogP contribution in [-0.4, -0.2) is 63.6 Å². The number of rotatable bonds is 9. The molecule has 208 valence electrons. The summed E-state index contributed by atoms with van der Waals surface area (Å²) in [4.78, 5) is 43.1. The number of sulfonamides is 1. The molecule has 1 aliphatic heterocycles. The quantitative estimate of drug-likeness (QED) is 0.388. The van der Waals surface area contributed by atoms with E-state index in [0.717, 1.165) is 21.7 Å². The average Bonchev–Trinajstić information content (AvgIpc) is 3.24. The Kier molecular flexibility index (Phi) is 8.34. The number of hydrogen-bond acceptors (Lipinski definition) is 6. The van der Waals surface area contributed by atoms with Crippen molar-refractivity contribution < 1.29 is 22.8 Å². The van der Waals surface area contributed by atoms with Gasteiger partial charge < -0.3 is 15.5 Å². The first-order valence-corrected chi connectivity index (χ1v) is 14.4. The molecule has 1 aliphatic rings. The molecule has 10 nitrogen and oxygen atoms in total. The SMILES string of the molecule is CC(=O)NCc1ccc(C(=Nc2cccc(N(CC(=O)N(C)C)S(C)(=O)=O)c2)C2C(=O)Nc3ccccc32)cc1. The second kappa shape index (κ2) is 11.7. The molecule has 11 heteroatoms. The lowest BCUT2D eigenvalue weighted by molar-refractivity contribution is -0.127. The second-order valence-electron chi connectivity index (χ2n) is 9.69. The molecule has 0 fully saturated rings. The number of carbonyl (C=O) groups excluding carboxylic acids is 3. The van der Waals surface area contributed by atoms with Crippen molar-refractivity contribution in [2.24, 2.45) is 4.99 Å². The number of carbonyl (C=O) groups is 3. The number of fused-ring (bicyclic) bond motifs is 1. The van der Waals surface area contributed by atoms with Crippen molar-refractivity contribution in [2.45, 2.75) is 19.4 Å². The van der Waals surface area contributed by atoms with Crippen LogP contribution < -0.4 is 14.9 Å². The maximum Gasteiger partial charge on any atom is 0.242 e. The second-order valence-corrected chi connectivity index (χ2v) is 11.6. The Balaban J connectivity index is 1.80. The summed E-state index contributed by atoms with van der Waals surface area (Å²) in [7, 11) is -0.667. The van der Waals surface area contributed by atoms with Gasteiger partial charge in [0.1, 0.15) is 12.5 Å². The zero-order valence-electron chi connectivity index (χ0n) is 22.7. The minimum atomic E-state index is -3.78. The Hall–Kier alpha value is -4.51. The van der Waals surface area contributed by atoms with Crippen LogP contribution in [0.4, 0.5) is 17.1 Å². The summed E-state index contributed by atoms with van der Waals surface area (Å²) in [5.41, 5.74) is 4.22. The van der Waals surface area contributed by atoms with E-state index in [-0.39, 0.29) is 30.0 Å². The number of para-hydroxylation sites is 1. The number of nitrogens with zero attached hydrogens (tertiary/aromatic N) is 3. The van der Waals surface area contributed by atoms with Gasteiger partial charge in [0.2, 0.25) is 27.7 Å². The monoisotopic (exact) mass is 561 g/mol. The normalized spacial score (nSPS) is 14.8. The molecule has 4 rings (SSSR count). The minimum Gasteiger partial charge on any atom is -0.352 e. The molecule has 0 bridgehead atoms. The lowest BCUT2D eigenvalue weighted by Crippen LogP contribution is -2.39. The highest BCUT2D eigenvalue weighted by Gasteiger charge is 2.35. The van der Waals surface area contributed by atoms with E-state index < -0.39 is 15.9 Å². The molecule has 1 atom stereocenters. The predicted octanol–water partition coefficient (Wildman–Crippen LogP) is 3.03. The van der Waals surface area contributed by atoms with E-state index in [1.807, 2.05) is 48.5 Å². The molecule has 3 amide bonds. The molecular weight excluding hydrogens is 530 g/mol. The molecule has 1 unspecified atom stereocenters. The van der Waals surface area contributed by atoms with Gasteiger partial charge in [0, 0.05) is 33.3 Å². The number of nitrogens with one attached hydrogen (secondary N) is 2. The number of hydrogen-bond donors (Lipinski definition) is 2. The van der Waals surface area contributed by atoms with E-state index in [1.54, 1.807) is 38.4 Å². The summed E-state index contributed by atoms with van der Waals surface area (Å²) < 4.78 is 26.2. The molecule has 1 heterocycles. The van der Waals surface area contributed by atoms with E-state index in [0.29, 0.717) is 29.2 Å². The standard InChI is InChI=1S/C29H31N5O5S/c1-19(35)30-17-20-12-14-21(15-13-20)28(27-24-10-5-6-11-25(24)32-29(27)37)31-22-8-7-9-23(16-22)34(40(4,38)39)18-26(36)33(2)3/h5-16,27H,17-18H2,1-4H3,(H,30,35)(H,32,37). The van der Waals surface area contributed by atoms with Crippen molar-refractivity contribution in [2.75, 3.05) is 36.5 Å². The summed E-state index contributed by atoms with van der Waals surface area (Å²) in [5, 5.41) is 5.67. The molecule has 2 N–H and O–H groups in total. The third kappa shape index (κ3) is 6.55. The Morgan fingerprint density at radius 3 is 2.35 bits per heavy atom. The highest BCUT2D eigenvalue weighted by molar-refractivity contribution is 7.92. The van der Waals surface area contributed by atoms with Crippen LogP contribution in [0.25, 0.3) is 0 Å². The van der Waals surface area contributed by atoms with Crippen LogP contribution >= 0.6 is 0 Å². The summed E-state index contributed by atoms with van der Waals surface area (Å²) in [6, 6.07) is 21.3. The van der Waals surface area contributed by atoms with Gasteiger partial charge in [-0.15, -0.1) is 0 Å². The molecule has 0 saturated carbocycles. The smallest absolute Gasteiger partial charge is 0.242 e. The van der Waals surface area contributed by atoms with Crippen molar-refractivity contribution in [3.63, 3.8) is 0 Å². The fourth-order valence-electron chi connectivity index (χ4n) is 4.32. The van der Waals surface area contributed by atoms with Gasteiger partial charge in [-0.3, -0.25) is 23.7 Å². The first kappa shape index (κ1) is 28.5. The molecule has 0 aliphatic carbocycles. The number of amides is 3. The van der Waals surface area contributed by atoms with Crippen LogP contribution in [0.5, 0.6) is 0 Å². The van der Waals surface area contributed by atoms with Crippen molar-refractivity contribution in [3.8, 4) is 0 Å². The number of aliphatic imine (C=N–C) groups is 1.